The summed E-state index contributed by atoms with van der Waals surface area (Å²) in [6, 6.07) is 12.6. The molecule has 2 aromatic rings. The first-order valence-electron chi connectivity index (χ1n) is 14.8. The second-order valence-corrected chi connectivity index (χ2v) is 10.6. The summed E-state index contributed by atoms with van der Waals surface area (Å²) in [7, 11) is 0. The quantitative estimate of drug-likeness (QED) is 0.174. The topological polar surface area (TPSA) is 106 Å². The standard InChI is InChI=1S/C31H47FN4O4/c1-2-3-4-5-6-7-17-34-31(39)36-19-15-26(16-20-36)35-25-10-8-24(9-11-25)14-18-33-22-27(37)23-40-28-12-13-30(38)29(32)21-28/h8-13,21,26-27,33,35,37-38H,2-7,14-20,22-23H2,1H3,(H,34,39)/t27-/m0/s1. The number of carbonyl (C=O) groups is 1. The van der Waals surface area contributed by atoms with Crippen LogP contribution in [0.4, 0.5) is 14.9 Å². The van der Waals surface area contributed by atoms with Crippen LogP contribution in [0.25, 0.3) is 0 Å². The first-order valence-corrected chi connectivity index (χ1v) is 14.8. The van der Waals surface area contributed by atoms with Gasteiger partial charge >= 0.3 is 6.03 Å². The molecular weight excluding hydrogens is 511 g/mol. The van der Waals surface area contributed by atoms with Crippen molar-refractivity contribution in [2.24, 2.45) is 0 Å². The molecule has 9 heteroatoms. The molecule has 40 heavy (non-hydrogen) atoms. The Kier molecular flexibility index (Phi) is 13.9. The number of nitrogens with one attached hydrogen (secondary N) is 3. The maximum absolute atomic E-state index is 13.3. The highest BCUT2D eigenvalue weighted by molar-refractivity contribution is 5.74. The number of ether oxygens (including phenoxy) is 1. The number of amides is 2. The third-order valence-electron chi connectivity index (χ3n) is 7.25. The number of urea groups is 1. The molecule has 1 fully saturated rings. The summed E-state index contributed by atoms with van der Waals surface area (Å²) >= 11 is 0. The number of hydrogen-bond acceptors (Lipinski definition) is 6. The monoisotopic (exact) mass is 558 g/mol. The number of benzene rings is 2. The highest BCUT2D eigenvalue weighted by Gasteiger charge is 2.22. The normalized spacial score (nSPS) is 14.6. The van der Waals surface area contributed by atoms with Crippen LogP contribution >= 0.6 is 0 Å². The highest BCUT2D eigenvalue weighted by Crippen LogP contribution is 2.21. The number of aromatic hydroxyl groups is 1. The van der Waals surface area contributed by atoms with E-state index in [1.54, 1.807) is 0 Å². The van der Waals surface area contributed by atoms with Crippen LogP contribution < -0.4 is 20.7 Å². The van der Waals surface area contributed by atoms with Gasteiger partial charge in [0, 0.05) is 44.0 Å². The average Bonchev–Trinajstić information content (AvgIpc) is 2.96. The number of piperidine rings is 1. The van der Waals surface area contributed by atoms with Crippen molar-refractivity contribution in [1.29, 1.82) is 0 Å². The van der Waals surface area contributed by atoms with Gasteiger partial charge in [0.1, 0.15) is 18.5 Å². The molecule has 0 aromatic heterocycles. The number of rotatable bonds is 17. The van der Waals surface area contributed by atoms with Crippen molar-refractivity contribution in [3.05, 3.63) is 53.8 Å². The Labute approximate surface area is 238 Å². The first-order chi connectivity index (χ1) is 19.4. The van der Waals surface area contributed by atoms with Crippen LogP contribution in [0.3, 0.4) is 0 Å². The van der Waals surface area contributed by atoms with Gasteiger partial charge < -0.3 is 35.8 Å². The Morgan fingerprint density at radius 2 is 1.77 bits per heavy atom. The predicted octanol–water partition coefficient (Wildman–Crippen LogP) is 5.05. The van der Waals surface area contributed by atoms with E-state index in [-0.39, 0.29) is 18.4 Å². The number of carbonyl (C=O) groups excluding carboxylic acids is 1. The zero-order valence-corrected chi connectivity index (χ0v) is 23.8. The van der Waals surface area contributed by atoms with E-state index in [0.717, 1.165) is 57.1 Å². The van der Waals surface area contributed by atoms with Crippen LogP contribution in [0.15, 0.2) is 42.5 Å². The number of hydrogen-bond donors (Lipinski definition) is 5. The summed E-state index contributed by atoms with van der Waals surface area (Å²) in [5, 5.41) is 29.2. The van der Waals surface area contributed by atoms with E-state index in [0.29, 0.717) is 19.1 Å². The van der Waals surface area contributed by atoms with Crippen molar-refractivity contribution in [1.82, 2.24) is 15.5 Å². The zero-order chi connectivity index (χ0) is 28.6. The molecule has 3 rings (SSSR count). The number of phenolic OH excluding ortho intramolecular Hbond substituents is 1. The van der Waals surface area contributed by atoms with Crippen molar-refractivity contribution < 1.29 is 24.1 Å². The molecule has 2 aromatic carbocycles. The molecular formula is C31H47FN4O4. The maximum atomic E-state index is 13.3. The van der Waals surface area contributed by atoms with Gasteiger partial charge in [-0.2, -0.15) is 0 Å². The fourth-order valence-electron chi connectivity index (χ4n) is 4.77. The number of nitrogens with zero attached hydrogens (tertiary/aromatic N) is 1. The van der Waals surface area contributed by atoms with Gasteiger partial charge in [0.15, 0.2) is 11.6 Å². The second-order valence-electron chi connectivity index (χ2n) is 10.6. The lowest BCUT2D eigenvalue weighted by Crippen LogP contribution is -2.47. The SMILES string of the molecule is CCCCCCCCNC(=O)N1CCC(Nc2ccc(CCNC[C@H](O)COc3ccc(O)c(F)c3)cc2)CC1. The third-order valence-corrected chi connectivity index (χ3v) is 7.25. The molecule has 222 valence electrons. The van der Waals surface area contributed by atoms with Crippen molar-refractivity contribution in [2.45, 2.75) is 76.9 Å². The summed E-state index contributed by atoms with van der Waals surface area (Å²) in [5.41, 5.74) is 2.28. The largest absolute Gasteiger partial charge is 0.505 e. The van der Waals surface area contributed by atoms with Crippen molar-refractivity contribution >= 4 is 11.7 Å². The van der Waals surface area contributed by atoms with Crippen LogP contribution in [0.5, 0.6) is 11.5 Å². The molecule has 2 amide bonds. The van der Waals surface area contributed by atoms with E-state index in [2.05, 4.69) is 47.1 Å². The Morgan fingerprint density at radius 1 is 1.05 bits per heavy atom. The molecule has 0 spiro atoms. The number of anilines is 1. The Bertz CT molecular complexity index is 999. The molecule has 1 aliphatic rings. The van der Waals surface area contributed by atoms with Gasteiger partial charge in [-0.05, 0) is 62.1 Å². The molecule has 0 unspecified atom stereocenters. The summed E-state index contributed by atoms with van der Waals surface area (Å²) in [6.45, 7) is 5.62. The van der Waals surface area contributed by atoms with E-state index in [1.807, 2.05) is 4.90 Å². The van der Waals surface area contributed by atoms with E-state index in [4.69, 9.17) is 4.74 Å². The molecule has 1 aliphatic heterocycles. The van der Waals surface area contributed by atoms with Crippen LogP contribution in [0, 0.1) is 5.82 Å². The van der Waals surface area contributed by atoms with E-state index >= 15 is 0 Å². The van der Waals surface area contributed by atoms with Crippen LogP contribution in [-0.4, -0.2) is 72.6 Å². The molecule has 1 saturated heterocycles. The van der Waals surface area contributed by atoms with Crippen LogP contribution in [-0.2, 0) is 6.42 Å². The van der Waals surface area contributed by atoms with Gasteiger partial charge in [-0.3, -0.25) is 0 Å². The Morgan fingerprint density at radius 3 is 2.50 bits per heavy atom. The smallest absolute Gasteiger partial charge is 0.317 e. The van der Waals surface area contributed by atoms with Crippen molar-refractivity contribution in [3.8, 4) is 11.5 Å². The fourth-order valence-corrected chi connectivity index (χ4v) is 4.77. The van der Waals surface area contributed by atoms with E-state index in [9.17, 15) is 19.4 Å². The third kappa shape index (κ3) is 11.6. The molecule has 1 atom stereocenters. The minimum absolute atomic E-state index is 0.0281. The zero-order valence-electron chi connectivity index (χ0n) is 23.8. The fraction of sp³-hybridized carbons (Fsp3) is 0.581. The summed E-state index contributed by atoms with van der Waals surface area (Å²) in [5.74, 6) is -0.924. The minimum atomic E-state index is -0.755. The Hall–Kier alpha value is -3.04. The van der Waals surface area contributed by atoms with Gasteiger partial charge in [-0.1, -0.05) is 51.2 Å². The summed E-state index contributed by atoms with van der Waals surface area (Å²) in [4.78, 5) is 14.4. The number of phenols is 1. The average molecular weight is 559 g/mol. The molecule has 0 radical (unpaired) electrons. The number of aliphatic hydroxyl groups is 1. The van der Waals surface area contributed by atoms with Crippen LogP contribution in [0.2, 0.25) is 0 Å². The summed E-state index contributed by atoms with van der Waals surface area (Å²) < 4.78 is 18.7. The molecule has 1 heterocycles. The van der Waals surface area contributed by atoms with Gasteiger partial charge in [-0.15, -0.1) is 0 Å². The highest BCUT2D eigenvalue weighted by atomic mass is 19.1. The van der Waals surface area contributed by atoms with Gasteiger partial charge in [0.25, 0.3) is 0 Å². The van der Waals surface area contributed by atoms with Gasteiger partial charge in [0.05, 0.1) is 0 Å². The van der Waals surface area contributed by atoms with Gasteiger partial charge in [-0.25, -0.2) is 9.18 Å². The lowest BCUT2D eigenvalue weighted by Gasteiger charge is -2.33. The number of unbranched alkanes of at least 4 members (excludes halogenated alkanes) is 5. The minimum Gasteiger partial charge on any atom is -0.505 e. The second kappa shape index (κ2) is 17.6. The molecule has 0 aliphatic carbocycles. The van der Waals surface area contributed by atoms with Crippen LogP contribution in [0.1, 0.15) is 63.9 Å². The number of aliphatic hydroxyl groups excluding tert-OH is 1. The maximum Gasteiger partial charge on any atom is 0.317 e. The number of likely N-dealkylation sites (tertiary alicyclic amines) is 1. The number of halogens is 1. The van der Waals surface area contributed by atoms with E-state index in [1.165, 1.54) is 49.8 Å². The van der Waals surface area contributed by atoms with Crippen molar-refractivity contribution in [3.63, 3.8) is 0 Å². The van der Waals surface area contributed by atoms with E-state index < -0.39 is 17.7 Å². The Balaban J connectivity index is 1.24. The lowest BCUT2D eigenvalue weighted by molar-refractivity contribution is 0.106. The molecule has 0 saturated carbocycles. The van der Waals surface area contributed by atoms with Crippen molar-refractivity contribution in [2.75, 3.05) is 44.6 Å². The molecule has 0 bridgehead atoms. The predicted molar refractivity (Wildman–Crippen MR) is 158 cm³/mol. The van der Waals surface area contributed by atoms with Gasteiger partial charge in [0.2, 0.25) is 0 Å². The first kappa shape index (κ1) is 31.5. The molecule has 5 N–H and O–H groups in total. The summed E-state index contributed by atoms with van der Waals surface area (Å²) in [6.07, 6.45) is 9.31. The lowest BCUT2D eigenvalue weighted by atomic mass is 10.0. The molecule has 8 nitrogen and oxygen atoms in total.